The first-order chi connectivity index (χ1) is 25.3. The Morgan fingerprint density at radius 1 is 1.08 bits per heavy atom. The molecule has 1 fully saturated rings. The first kappa shape index (κ1) is 47.4. The summed E-state index contributed by atoms with van der Waals surface area (Å²) in [5.41, 5.74) is 7.16. The van der Waals surface area contributed by atoms with Crippen LogP contribution in [0.25, 0.3) is 23.1 Å². The Labute approximate surface area is 317 Å². The summed E-state index contributed by atoms with van der Waals surface area (Å²) in [7, 11) is 4.33. The predicted molar refractivity (Wildman–Crippen MR) is 232 cm³/mol. The third-order valence-electron chi connectivity index (χ3n) is 8.16. The molecule has 0 bridgehead atoms. The first-order valence-electron chi connectivity index (χ1n) is 18.7. The van der Waals surface area contributed by atoms with Crippen molar-refractivity contribution in [1.29, 1.82) is 0 Å². The van der Waals surface area contributed by atoms with Gasteiger partial charge in [-0.1, -0.05) is 69.9 Å². The van der Waals surface area contributed by atoms with E-state index in [1.165, 1.54) is 36.2 Å². The number of fused-ring (bicyclic) bond motifs is 1. The van der Waals surface area contributed by atoms with Crippen molar-refractivity contribution in [2.24, 2.45) is 0 Å². The zero-order valence-corrected chi connectivity index (χ0v) is 33.8. The van der Waals surface area contributed by atoms with Crippen molar-refractivity contribution in [1.82, 2.24) is 30.1 Å². The van der Waals surface area contributed by atoms with Gasteiger partial charge in [0, 0.05) is 60.8 Å². The number of allylic oxidation sites excluding steroid dienone is 5. The molecule has 1 unspecified atom stereocenters. The second-order valence-corrected chi connectivity index (χ2v) is 11.8. The van der Waals surface area contributed by atoms with Crippen LogP contribution in [0.4, 0.5) is 0 Å². The van der Waals surface area contributed by atoms with Crippen LogP contribution in [-0.2, 0) is 12.8 Å². The quantitative estimate of drug-likeness (QED) is 0.0784. The molecule has 0 aromatic carbocycles. The molecule has 1 atom stereocenters. The van der Waals surface area contributed by atoms with Gasteiger partial charge in [-0.3, -0.25) is 4.90 Å². The van der Waals surface area contributed by atoms with Gasteiger partial charge in [0.15, 0.2) is 0 Å². The van der Waals surface area contributed by atoms with E-state index in [9.17, 15) is 0 Å². The van der Waals surface area contributed by atoms with E-state index in [-0.39, 0.29) is 0 Å². The Morgan fingerprint density at radius 2 is 1.81 bits per heavy atom. The molecular weight excluding hydrogens is 641 g/mol. The lowest BCUT2D eigenvalue weighted by Gasteiger charge is -2.16. The van der Waals surface area contributed by atoms with Crippen LogP contribution in [0.3, 0.4) is 0 Å². The summed E-state index contributed by atoms with van der Waals surface area (Å²) in [6.07, 6.45) is 30.6. The minimum atomic E-state index is 0.428. The van der Waals surface area contributed by atoms with E-state index in [0.717, 1.165) is 54.5 Å². The molecule has 1 aliphatic heterocycles. The van der Waals surface area contributed by atoms with E-state index < -0.39 is 0 Å². The molecule has 1 aliphatic rings. The molecule has 0 amide bonds. The summed E-state index contributed by atoms with van der Waals surface area (Å²) in [6.45, 7) is 33.7. The Kier molecular flexibility index (Phi) is 27.4. The molecular formula is C45H70N6O. The highest BCUT2D eigenvalue weighted by molar-refractivity contribution is 5.88. The van der Waals surface area contributed by atoms with Crippen LogP contribution in [0.2, 0.25) is 0 Å². The number of nitrogens with one attached hydrogen (secondary N) is 3. The fraction of sp³-hybridized carbons (Fsp3) is 0.400. The standard InChI is InChI=1S/C31H41N5O.C7H13N.C3H6.C2H6.C2H4/c1-6-10-12-24(8-3)23-37-31-19-28-25(20-34-30(28)22-35-31)13-15-32-16-18-36(5)17-14-26-21-33-29(11-7-2)27(26)9-4;1-3-7-5-4-6-8(7)2;1-3-2;2*1-2/h6-8,10-13,15,19-22,32-34H,3,9,14,16-18,23H2,1-2,4-5H3;3,7H,1,4-6H2,2H3;3H,1H2,2H3;1-2H3;1-2H2/b10-6-,11-7-,15-13-,24-12+;;;;. The lowest BCUT2D eigenvalue weighted by Crippen LogP contribution is -2.28. The SMILES string of the molecule is C=C.C=C/C(=C\C=C/C)COc1cc2c(/C=C\NCCN(C)CCc3c[nH]c(/C=C\C)c3CC)c[nH]c2cn1.C=CC.C=CC1CCCN1C.CC. The molecule has 7 nitrogen and oxygen atoms in total. The highest BCUT2D eigenvalue weighted by atomic mass is 16.5. The monoisotopic (exact) mass is 711 g/mol. The van der Waals surface area contributed by atoms with Crippen molar-refractivity contribution in [3.8, 4) is 5.88 Å². The fourth-order valence-corrected chi connectivity index (χ4v) is 5.40. The molecule has 4 rings (SSSR count). The normalized spacial score (nSPS) is 14.2. The maximum Gasteiger partial charge on any atom is 0.214 e. The zero-order valence-electron chi connectivity index (χ0n) is 33.8. The molecule has 3 N–H and O–H groups in total. The summed E-state index contributed by atoms with van der Waals surface area (Å²) >= 11 is 0. The Hall–Kier alpha value is -4.59. The van der Waals surface area contributed by atoms with Crippen molar-refractivity contribution >= 4 is 23.1 Å². The lowest BCUT2D eigenvalue weighted by atomic mass is 10.1. The van der Waals surface area contributed by atoms with E-state index in [1.54, 1.807) is 12.2 Å². The van der Waals surface area contributed by atoms with Gasteiger partial charge >= 0.3 is 0 Å². The predicted octanol–water partition coefficient (Wildman–Crippen LogP) is 10.6. The van der Waals surface area contributed by atoms with Gasteiger partial charge < -0.3 is 24.9 Å². The molecule has 3 aromatic rings. The Balaban J connectivity index is 0.00000146. The molecule has 7 heteroatoms. The smallest absolute Gasteiger partial charge is 0.214 e. The number of hydrogen-bond donors (Lipinski definition) is 3. The number of rotatable bonds is 16. The van der Waals surface area contributed by atoms with Gasteiger partial charge in [0.2, 0.25) is 5.88 Å². The van der Waals surface area contributed by atoms with Crippen LogP contribution in [0.5, 0.6) is 5.88 Å². The molecule has 4 heterocycles. The van der Waals surface area contributed by atoms with E-state index in [4.69, 9.17) is 4.74 Å². The third kappa shape index (κ3) is 17.6. The van der Waals surface area contributed by atoms with Crippen LogP contribution in [0, 0.1) is 0 Å². The molecule has 1 saturated heterocycles. The average molecular weight is 711 g/mol. The van der Waals surface area contributed by atoms with Gasteiger partial charge in [0.1, 0.15) is 6.61 Å². The van der Waals surface area contributed by atoms with Gasteiger partial charge in [-0.25, -0.2) is 4.98 Å². The number of pyridine rings is 1. The molecule has 0 spiro atoms. The summed E-state index contributed by atoms with van der Waals surface area (Å²) in [4.78, 5) is 15.8. The van der Waals surface area contributed by atoms with Crippen molar-refractivity contribution in [2.75, 3.05) is 46.9 Å². The number of hydrogen-bond acceptors (Lipinski definition) is 5. The minimum Gasteiger partial charge on any atom is -0.473 e. The van der Waals surface area contributed by atoms with Crippen molar-refractivity contribution in [2.45, 2.75) is 73.3 Å². The Bertz CT molecular complexity index is 1520. The maximum atomic E-state index is 5.89. The van der Waals surface area contributed by atoms with Gasteiger partial charge in [0.25, 0.3) is 0 Å². The summed E-state index contributed by atoms with van der Waals surface area (Å²) in [5, 5.41) is 4.50. The lowest BCUT2D eigenvalue weighted by molar-refractivity contribution is 0.341. The molecule has 0 radical (unpaired) electrons. The van der Waals surface area contributed by atoms with Gasteiger partial charge in [-0.15, -0.1) is 26.3 Å². The molecule has 52 heavy (non-hydrogen) atoms. The van der Waals surface area contributed by atoms with Crippen LogP contribution >= 0.6 is 0 Å². The molecule has 286 valence electrons. The Morgan fingerprint density at radius 3 is 2.38 bits per heavy atom. The minimum absolute atomic E-state index is 0.428. The zero-order chi connectivity index (χ0) is 39.1. The topological polar surface area (TPSA) is 72.2 Å². The fourth-order valence-electron chi connectivity index (χ4n) is 5.40. The maximum absolute atomic E-state index is 5.89. The van der Waals surface area contributed by atoms with Gasteiger partial charge in [-0.2, -0.15) is 0 Å². The number of nitrogens with zero attached hydrogens (tertiary/aromatic N) is 3. The van der Waals surface area contributed by atoms with Crippen LogP contribution in [-0.4, -0.2) is 77.7 Å². The first-order valence-corrected chi connectivity index (χ1v) is 18.7. The summed E-state index contributed by atoms with van der Waals surface area (Å²) in [5.74, 6) is 0.594. The number of ether oxygens (including phenoxy) is 1. The largest absolute Gasteiger partial charge is 0.473 e. The third-order valence-corrected chi connectivity index (χ3v) is 8.16. The molecule has 3 aromatic heterocycles. The van der Waals surface area contributed by atoms with Crippen molar-refractivity contribution in [3.05, 3.63) is 134 Å². The highest BCUT2D eigenvalue weighted by Gasteiger charge is 2.16. The summed E-state index contributed by atoms with van der Waals surface area (Å²) < 4.78 is 5.89. The number of aromatic nitrogens is 3. The summed E-state index contributed by atoms with van der Waals surface area (Å²) in [6, 6.07) is 2.64. The number of H-pyrrole nitrogens is 2. The van der Waals surface area contributed by atoms with E-state index in [2.05, 4.69) is 115 Å². The molecule has 0 aliphatic carbocycles. The number of likely N-dealkylation sites (N-methyl/N-ethyl adjacent to an activating group) is 2. The second kappa shape index (κ2) is 30.1. The van der Waals surface area contributed by atoms with Crippen molar-refractivity contribution < 1.29 is 4.74 Å². The van der Waals surface area contributed by atoms with Gasteiger partial charge in [0.05, 0.1) is 11.7 Å². The van der Waals surface area contributed by atoms with Crippen molar-refractivity contribution in [3.63, 3.8) is 0 Å². The van der Waals surface area contributed by atoms with Crippen LogP contribution in [0.1, 0.15) is 76.8 Å². The van der Waals surface area contributed by atoms with E-state index in [1.807, 2.05) is 76.7 Å². The number of likely N-dealkylation sites (tertiary alicyclic amines) is 1. The second-order valence-electron chi connectivity index (χ2n) is 11.8. The average Bonchev–Trinajstić information content (AvgIpc) is 3.90. The van der Waals surface area contributed by atoms with E-state index in [0.29, 0.717) is 18.5 Å². The van der Waals surface area contributed by atoms with Crippen LogP contribution < -0.4 is 10.1 Å². The van der Waals surface area contributed by atoms with E-state index >= 15 is 0 Å². The highest BCUT2D eigenvalue weighted by Crippen LogP contribution is 2.23. The van der Waals surface area contributed by atoms with Crippen LogP contribution in [0.15, 0.2) is 112 Å². The molecule has 0 saturated carbocycles. The van der Waals surface area contributed by atoms with Gasteiger partial charge in [-0.05, 0) is 102 Å². The number of aromatic amines is 2.